The van der Waals surface area contributed by atoms with E-state index in [1.54, 1.807) is 6.07 Å². The lowest BCUT2D eigenvalue weighted by atomic mass is 10.1. The Morgan fingerprint density at radius 2 is 2.56 bits per heavy atom. The lowest BCUT2D eigenvalue weighted by molar-refractivity contribution is 0.765. The van der Waals surface area contributed by atoms with Crippen molar-refractivity contribution in [2.75, 3.05) is 0 Å². The first-order chi connectivity index (χ1) is 5.29. The molecule has 1 atom stereocenters. The predicted molar refractivity (Wildman–Crippen MR) is 37.0 cm³/mol. The van der Waals surface area contributed by atoms with Gasteiger partial charge in [0.05, 0.1) is 1.37 Å². The van der Waals surface area contributed by atoms with Gasteiger partial charge in [0.25, 0.3) is 0 Å². The van der Waals surface area contributed by atoms with E-state index in [0.717, 1.165) is 17.7 Å². The molecule has 1 aromatic rings. The molecule has 1 heterocycles. The lowest BCUT2D eigenvalue weighted by Gasteiger charge is -1.91. The Morgan fingerprint density at radius 3 is 3.44 bits per heavy atom. The number of rotatable bonds is 0. The molecule has 2 rings (SSSR count). The number of nitrogens with one attached hydrogen (secondary N) is 1. The van der Waals surface area contributed by atoms with Crippen LogP contribution in [0.4, 0.5) is 0 Å². The maximum atomic E-state index is 7.52. The van der Waals surface area contributed by atoms with E-state index in [9.17, 15) is 0 Å². The van der Waals surface area contributed by atoms with Gasteiger partial charge in [0.2, 0.25) is 0 Å². The fraction of sp³-hybridized carbons (Fsp3) is 0.250. The fourth-order valence-electron chi connectivity index (χ4n) is 1.04. The molecule has 1 aromatic carbocycles. The third kappa shape index (κ3) is 0.736. The molecule has 9 heavy (non-hydrogen) atoms. The van der Waals surface area contributed by atoms with Crippen molar-refractivity contribution in [2.45, 2.75) is 13.1 Å². The van der Waals surface area contributed by atoms with E-state index in [1.807, 2.05) is 12.1 Å². The Kier molecular flexibility index (Phi) is 0.693. The van der Waals surface area contributed by atoms with Gasteiger partial charge >= 0.3 is 0 Å². The van der Waals surface area contributed by atoms with Crippen LogP contribution in [0.2, 0.25) is 0 Å². The normalized spacial score (nSPS) is 26.9. The molecule has 0 amide bonds. The second-order valence-corrected chi connectivity index (χ2v) is 2.13. The average molecular weight is 121 g/mol. The minimum Gasteiger partial charge on any atom is -0.309 e. The zero-order valence-electron chi connectivity index (χ0n) is 7.02. The lowest BCUT2D eigenvalue weighted by Crippen LogP contribution is -1.99. The summed E-state index contributed by atoms with van der Waals surface area (Å²) in [6.07, 6.45) is 0. The summed E-state index contributed by atoms with van der Waals surface area (Å²) in [5, 5.41) is 2.97. The van der Waals surface area contributed by atoms with Gasteiger partial charge in [-0.3, -0.25) is 0 Å². The molecule has 1 aliphatic heterocycles. The first-order valence-corrected chi connectivity index (χ1v) is 3.03. The van der Waals surface area contributed by atoms with E-state index in [1.165, 1.54) is 0 Å². The summed E-state index contributed by atoms with van der Waals surface area (Å²) >= 11 is 0. The van der Waals surface area contributed by atoms with Crippen molar-refractivity contribution in [3.63, 3.8) is 0 Å². The van der Waals surface area contributed by atoms with Gasteiger partial charge in [0.15, 0.2) is 0 Å². The molecule has 0 bridgehead atoms. The van der Waals surface area contributed by atoms with E-state index in [0.29, 0.717) is 6.04 Å². The Labute approximate surface area is 57.5 Å². The first kappa shape index (κ1) is 3.37. The van der Waals surface area contributed by atoms with Gasteiger partial charge in [-0.05, 0) is 11.1 Å². The molecule has 0 fully saturated rings. The van der Waals surface area contributed by atoms with Crippen molar-refractivity contribution < 1.29 is 2.74 Å². The van der Waals surface area contributed by atoms with E-state index in [-0.39, 0.29) is 0 Å². The minimum atomic E-state index is -0.390. The second-order valence-electron chi connectivity index (χ2n) is 2.13. The quantitative estimate of drug-likeness (QED) is 0.545. The van der Waals surface area contributed by atoms with Crippen molar-refractivity contribution in [1.29, 1.82) is 0 Å². The number of hydrogen-bond donors (Lipinski definition) is 1. The van der Waals surface area contributed by atoms with E-state index in [4.69, 9.17) is 2.74 Å². The molecular formula is C8H9N. The fourth-order valence-corrected chi connectivity index (χ4v) is 1.04. The van der Waals surface area contributed by atoms with Crippen LogP contribution in [0, 0.1) is 0 Å². The van der Waals surface area contributed by atoms with E-state index < -0.39 is 6.52 Å². The number of fused-ring (bicyclic) bond motifs is 1. The van der Waals surface area contributed by atoms with Crippen LogP contribution in [0.5, 0.6) is 0 Å². The summed E-state index contributed by atoms with van der Waals surface area (Å²) in [6.45, 7) is 0.342. The average Bonchev–Trinajstić information content (AvgIpc) is 2.34. The molecule has 0 saturated heterocycles. The number of benzene rings is 1. The molecule has 1 nitrogen and oxygen atoms in total. The maximum absolute atomic E-state index is 7.52. The molecule has 1 unspecified atom stereocenters. The standard InChI is InChI=1S/C8H9N/c1-2-4-8-6-9-5-7(8)3-1/h1-4,9H,5-6H2/i3D,5D. The molecule has 1 heteroatoms. The third-order valence-corrected chi connectivity index (χ3v) is 1.52. The van der Waals surface area contributed by atoms with Crippen molar-refractivity contribution >= 4 is 0 Å². The van der Waals surface area contributed by atoms with Crippen molar-refractivity contribution in [3.8, 4) is 0 Å². The summed E-state index contributed by atoms with van der Waals surface area (Å²) in [5.74, 6) is 0. The zero-order valence-corrected chi connectivity index (χ0v) is 5.02. The smallest absolute Gasteiger partial charge is 0.0626 e. The van der Waals surface area contributed by atoms with Crippen LogP contribution in [0.25, 0.3) is 0 Å². The Hall–Kier alpha value is -0.820. The SMILES string of the molecule is [2H]c1cccc2c1C([2H])NC2. The highest BCUT2D eigenvalue weighted by molar-refractivity contribution is 5.29. The summed E-state index contributed by atoms with van der Waals surface area (Å²) in [4.78, 5) is 0. The largest absolute Gasteiger partial charge is 0.309 e. The van der Waals surface area contributed by atoms with Gasteiger partial charge in [0.1, 0.15) is 0 Å². The van der Waals surface area contributed by atoms with Gasteiger partial charge in [-0.15, -0.1) is 0 Å². The van der Waals surface area contributed by atoms with Crippen LogP contribution in [-0.2, 0) is 13.1 Å². The number of hydrogen-bond acceptors (Lipinski definition) is 1. The van der Waals surface area contributed by atoms with Crippen molar-refractivity contribution in [3.05, 3.63) is 35.4 Å². The van der Waals surface area contributed by atoms with Crippen LogP contribution >= 0.6 is 0 Å². The van der Waals surface area contributed by atoms with E-state index in [2.05, 4.69) is 5.32 Å². The first-order valence-electron chi connectivity index (χ1n) is 4.11. The van der Waals surface area contributed by atoms with Gasteiger partial charge in [-0.1, -0.05) is 24.2 Å². The molecule has 0 radical (unpaired) electrons. The summed E-state index contributed by atoms with van der Waals surface area (Å²) in [6, 6.07) is 6.04. The molecule has 0 aromatic heterocycles. The highest BCUT2D eigenvalue weighted by atomic mass is 14.9. The van der Waals surface area contributed by atoms with Crippen LogP contribution < -0.4 is 5.32 Å². The molecule has 46 valence electrons. The Morgan fingerprint density at radius 1 is 1.56 bits per heavy atom. The summed E-state index contributed by atoms with van der Waals surface area (Å²) in [5.41, 5.74) is 1.94. The Balaban J connectivity index is 2.58. The topological polar surface area (TPSA) is 12.0 Å². The van der Waals surface area contributed by atoms with Gasteiger partial charge in [-0.25, -0.2) is 0 Å². The predicted octanol–water partition coefficient (Wildman–Crippen LogP) is 1.29. The van der Waals surface area contributed by atoms with Crippen LogP contribution in [0.15, 0.2) is 24.2 Å². The monoisotopic (exact) mass is 121 g/mol. The molecule has 0 aliphatic carbocycles. The van der Waals surface area contributed by atoms with E-state index >= 15 is 0 Å². The Bertz CT molecular complexity index is 285. The highest BCUT2D eigenvalue weighted by Gasteiger charge is 2.06. The third-order valence-electron chi connectivity index (χ3n) is 1.52. The zero-order chi connectivity index (χ0) is 7.84. The summed E-state index contributed by atoms with van der Waals surface area (Å²) in [7, 11) is 0. The molecule has 0 spiro atoms. The van der Waals surface area contributed by atoms with Crippen LogP contribution in [0.1, 0.15) is 13.9 Å². The maximum Gasteiger partial charge on any atom is 0.0626 e. The van der Waals surface area contributed by atoms with Gasteiger partial charge in [-0.2, -0.15) is 0 Å². The van der Waals surface area contributed by atoms with Crippen LogP contribution in [-0.4, -0.2) is 0 Å². The minimum absolute atomic E-state index is 0.390. The molecule has 1 N–H and O–H groups in total. The molecule has 1 aliphatic rings. The highest BCUT2D eigenvalue weighted by Crippen LogP contribution is 2.12. The van der Waals surface area contributed by atoms with Gasteiger partial charge in [0, 0.05) is 14.4 Å². The second kappa shape index (κ2) is 1.85. The van der Waals surface area contributed by atoms with Crippen LogP contribution in [0.3, 0.4) is 0 Å². The van der Waals surface area contributed by atoms with Crippen molar-refractivity contribution in [1.82, 2.24) is 5.32 Å². The van der Waals surface area contributed by atoms with Gasteiger partial charge < -0.3 is 5.32 Å². The molecule has 0 saturated carbocycles. The molecular weight excluding hydrogens is 110 g/mol. The van der Waals surface area contributed by atoms with Crippen molar-refractivity contribution in [2.24, 2.45) is 0 Å². The summed E-state index contributed by atoms with van der Waals surface area (Å²) < 4.78 is 15.0.